The van der Waals surface area contributed by atoms with Crippen LogP contribution in [0.2, 0.25) is 0 Å². The fourth-order valence-electron chi connectivity index (χ4n) is 4.50. The number of halogens is 3. The summed E-state index contributed by atoms with van der Waals surface area (Å²) in [5.41, 5.74) is 11.1. The van der Waals surface area contributed by atoms with E-state index in [1.807, 2.05) is 47.3 Å². The first kappa shape index (κ1) is 30.0. The Hall–Kier alpha value is -5.44. The molecule has 44 heavy (non-hydrogen) atoms. The molecule has 0 atom stereocenters. The molecular formula is C29H27F3N8O4. The molecule has 5 aromatic rings. The highest BCUT2D eigenvalue weighted by atomic mass is 19.4. The summed E-state index contributed by atoms with van der Waals surface area (Å²) in [7, 11) is 0. The van der Waals surface area contributed by atoms with Crippen LogP contribution in [0.15, 0.2) is 77.6 Å². The van der Waals surface area contributed by atoms with Gasteiger partial charge in [-0.05, 0) is 56.3 Å². The number of amides is 2. The van der Waals surface area contributed by atoms with E-state index in [0.717, 1.165) is 37.1 Å². The van der Waals surface area contributed by atoms with Crippen molar-refractivity contribution >= 4 is 40.3 Å². The maximum atomic E-state index is 12.4. The number of nitrogens with zero attached hydrogens (tertiary/aromatic N) is 4. The lowest BCUT2D eigenvalue weighted by Gasteiger charge is -2.22. The molecule has 1 aliphatic rings. The lowest BCUT2D eigenvalue weighted by atomic mass is 10.1. The third kappa shape index (κ3) is 7.30. The normalized spacial score (nSPS) is 13.6. The molecule has 0 radical (unpaired) electrons. The number of oxazole rings is 1. The number of hydrogen-bond acceptors (Lipinski definition) is 8. The number of rotatable bonds is 5. The molecule has 0 saturated carbocycles. The molecule has 0 unspecified atom stereocenters. The number of aromatic nitrogens is 4. The number of fused-ring (bicyclic) bond motifs is 1. The molecule has 2 aromatic carbocycles. The number of benzene rings is 2. The number of urea groups is 1. The third-order valence-corrected chi connectivity index (χ3v) is 6.69. The van der Waals surface area contributed by atoms with Crippen LogP contribution >= 0.6 is 0 Å². The van der Waals surface area contributed by atoms with Gasteiger partial charge >= 0.3 is 18.2 Å². The molecular weight excluding hydrogens is 581 g/mol. The van der Waals surface area contributed by atoms with Gasteiger partial charge in [0.1, 0.15) is 11.3 Å². The molecule has 1 fully saturated rings. The zero-order chi connectivity index (χ0) is 31.3. The van der Waals surface area contributed by atoms with Gasteiger partial charge in [0, 0.05) is 41.0 Å². The van der Waals surface area contributed by atoms with E-state index >= 15 is 0 Å². The molecule has 0 bridgehead atoms. The number of nitrogens with one attached hydrogen (secondary N) is 3. The fraction of sp³-hybridized carbons (Fsp3) is 0.207. The Morgan fingerprint density at radius 3 is 2.41 bits per heavy atom. The minimum Gasteiger partial charge on any atom is -0.475 e. The molecule has 6 rings (SSSR count). The summed E-state index contributed by atoms with van der Waals surface area (Å²) >= 11 is 0. The smallest absolute Gasteiger partial charge is 0.475 e. The van der Waals surface area contributed by atoms with Crippen molar-refractivity contribution in [1.29, 1.82) is 0 Å². The standard InChI is InChI=1S/C27H26N8O2.C2HF3O2/c28-25-22(12-17(14-30-25)18-15-31-35(16-18)21-8-10-29-11-9-21)26-34-23-7-6-20(13-24(23)37-26)33-27(36)32-19-4-2-1-3-5-19;3-2(4,5)1(6)7/h1-7,12-16,21,29H,8-11H2,(H2,28,30)(H2,32,33,36);(H,6,7). The maximum Gasteiger partial charge on any atom is 0.490 e. The zero-order valence-electron chi connectivity index (χ0n) is 23.0. The number of alkyl halides is 3. The van der Waals surface area contributed by atoms with E-state index in [0.29, 0.717) is 45.8 Å². The molecule has 228 valence electrons. The monoisotopic (exact) mass is 608 g/mol. The average molecular weight is 609 g/mol. The molecule has 3 aromatic heterocycles. The van der Waals surface area contributed by atoms with E-state index in [1.54, 1.807) is 24.4 Å². The topological polar surface area (TPSA) is 173 Å². The van der Waals surface area contributed by atoms with Crippen molar-refractivity contribution in [3.8, 4) is 22.6 Å². The van der Waals surface area contributed by atoms with Crippen molar-refractivity contribution < 1.29 is 32.3 Å². The van der Waals surface area contributed by atoms with E-state index < -0.39 is 12.1 Å². The van der Waals surface area contributed by atoms with E-state index in [4.69, 9.17) is 20.1 Å². The van der Waals surface area contributed by atoms with Crippen LogP contribution in [0.1, 0.15) is 18.9 Å². The molecule has 0 aliphatic carbocycles. The number of carbonyl (C=O) groups is 2. The summed E-state index contributed by atoms with van der Waals surface area (Å²) in [4.78, 5) is 30.2. The fourth-order valence-corrected chi connectivity index (χ4v) is 4.50. The van der Waals surface area contributed by atoms with Crippen LogP contribution in [0.4, 0.5) is 35.2 Å². The lowest BCUT2D eigenvalue weighted by molar-refractivity contribution is -0.192. The van der Waals surface area contributed by atoms with Gasteiger partial charge in [-0.1, -0.05) is 18.2 Å². The van der Waals surface area contributed by atoms with Gasteiger partial charge in [0.15, 0.2) is 5.58 Å². The van der Waals surface area contributed by atoms with Crippen molar-refractivity contribution in [2.75, 3.05) is 29.5 Å². The predicted octanol–water partition coefficient (Wildman–Crippen LogP) is 5.54. The second-order valence-electron chi connectivity index (χ2n) is 9.80. The molecule has 1 aliphatic heterocycles. The average Bonchev–Trinajstić information content (AvgIpc) is 3.66. The summed E-state index contributed by atoms with van der Waals surface area (Å²) in [5.74, 6) is -2.08. The Labute approximate surface area is 248 Å². The van der Waals surface area contributed by atoms with Crippen molar-refractivity contribution in [3.05, 3.63) is 73.2 Å². The Morgan fingerprint density at radius 1 is 1.00 bits per heavy atom. The number of piperidine rings is 1. The van der Waals surface area contributed by atoms with Crippen LogP contribution in [-0.2, 0) is 4.79 Å². The molecule has 15 heteroatoms. The third-order valence-electron chi connectivity index (χ3n) is 6.69. The van der Waals surface area contributed by atoms with Crippen molar-refractivity contribution in [2.45, 2.75) is 25.1 Å². The van der Waals surface area contributed by atoms with Gasteiger partial charge in [-0.3, -0.25) is 4.68 Å². The highest BCUT2D eigenvalue weighted by Gasteiger charge is 2.38. The minimum atomic E-state index is -5.08. The second-order valence-corrected chi connectivity index (χ2v) is 9.80. The van der Waals surface area contributed by atoms with Gasteiger partial charge in [0.25, 0.3) is 0 Å². The lowest BCUT2D eigenvalue weighted by Crippen LogP contribution is -2.29. The van der Waals surface area contributed by atoms with Gasteiger partial charge in [-0.2, -0.15) is 18.3 Å². The van der Waals surface area contributed by atoms with E-state index in [-0.39, 0.29) is 6.03 Å². The zero-order valence-corrected chi connectivity index (χ0v) is 23.0. The largest absolute Gasteiger partial charge is 0.490 e. The van der Waals surface area contributed by atoms with Crippen LogP contribution < -0.4 is 21.7 Å². The maximum absolute atomic E-state index is 12.4. The van der Waals surface area contributed by atoms with Crippen LogP contribution in [0.5, 0.6) is 0 Å². The number of carboxylic acids is 1. The number of pyridine rings is 1. The van der Waals surface area contributed by atoms with Gasteiger partial charge in [0.05, 0.1) is 17.8 Å². The molecule has 0 spiro atoms. The molecule has 2 amide bonds. The quantitative estimate of drug-likeness (QED) is 0.172. The minimum absolute atomic E-state index is 0.321. The van der Waals surface area contributed by atoms with Crippen LogP contribution in [-0.4, -0.2) is 56.1 Å². The van der Waals surface area contributed by atoms with Crippen molar-refractivity contribution in [1.82, 2.24) is 25.1 Å². The number of carboxylic acid groups (broad SMARTS) is 1. The van der Waals surface area contributed by atoms with Crippen LogP contribution in [0, 0.1) is 0 Å². The second kappa shape index (κ2) is 12.8. The highest BCUT2D eigenvalue weighted by Crippen LogP contribution is 2.32. The summed E-state index contributed by atoms with van der Waals surface area (Å²) in [6, 6.07) is 16.5. The van der Waals surface area contributed by atoms with Gasteiger partial charge in [-0.15, -0.1) is 0 Å². The van der Waals surface area contributed by atoms with Gasteiger partial charge < -0.3 is 31.2 Å². The first-order valence-corrected chi connectivity index (χ1v) is 13.4. The summed E-state index contributed by atoms with van der Waals surface area (Å²) in [6.07, 6.45) is 2.67. The number of aliphatic carboxylic acids is 1. The number of anilines is 3. The molecule has 6 N–H and O–H groups in total. The Morgan fingerprint density at radius 2 is 1.70 bits per heavy atom. The summed E-state index contributed by atoms with van der Waals surface area (Å²) < 4.78 is 39.8. The van der Waals surface area contributed by atoms with Gasteiger partial charge in [0.2, 0.25) is 5.89 Å². The van der Waals surface area contributed by atoms with E-state index in [1.165, 1.54) is 0 Å². The molecule has 12 nitrogen and oxygen atoms in total. The summed E-state index contributed by atoms with van der Waals surface area (Å²) in [6.45, 7) is 2.00. The number of para-hydroxylation sites is 1. The van der Waals surface area contributed by atoms with Crippen molar-refractivity contribution in [2.24, 2.45) is 0 Å². The van der Waals surface area contributed by atoms with Crippen LogP contribution in [0.3, 0.4) is 0 Å². The molecule has 4 heterocycles. The number of nitrogen functional groups attached to an aromatic ring is 1. The predicted molar refractivity (Wildman–Crippen MR) is 157 cm³/mol. The van der Waals surface area contributed by atoms with E-state index in [2.05, 4.69) is 37.2 Å². The number of carbonyl (C=O) groups excluding carboxylic acids is 1. The number of nitrogens with two attached hydrogens (primary N) is 1. The molecule has 1 saturated heterocycles. The SMILES string of the molecule is Nc1ncc(-c2cnn(C3CCNCC3)c2)cc1-c1nc2ccc(NC(=O)Nc3ccccc3)cc2o1.O=C(O)C(F)(F)F. The number of hydrogen-bond donors (Lipinski definition) is 5. The Kier molecular flexibility index (Phi) is 8.76. The Balaban J connectivity index is 0.000000493. The van der Waals surface area contributed by atoms with Gasteiger partial charge in [-0.25, -0.2) is 19.6 Å². The highest BCUT2D eigenvalue weighted by molar-refractivity contribution is 6.00. The van der Waals surface area contributed by atoms with E-state index in [9.17, 15) is 18.0 Å². The van der Waals surface area contributed by atoms with Crippen LogP contribution in [0.25, 0.3) is 33.7 Å². The Bertz CT molecular complexity index is 1770. The first-order valence-electron chi connectivity index (χ1n) is 13.4. The van der Waals surface area contributed by atoms with Crippen molar-refractivity contribution in [3.63, 3.8) is 0 Å². The first-order chi connectivity index (χ1) is 21.1. The summed E-state index contributed by atoms with van der Waals surface area (Å²) in [5, 5.41) is 20.7.